The van der Waals surface area contributed by atoms with Gasteiger partial charge in [0.25, 0.3) is 0 Å². The highest BCUT2D eigenvalue weighted by Crippen LogP contribution is 2.44. The number of amides is 1. The molecule has 3 heterocycles. The molecule has 9 nitrogen and oxygen atoms in total. The van der Waals surface area contributed by atoms with E-state index in [4.69, 9.17) is 5.73 Å². The predicted octanol–water partition coefficient (Wildman–Crippen LogP) is -0.722. The molecule has 2 fully saturated rings. The van der Waals surface area contributed by atoms with Gasteiger partial charge in [-0.3, -0.25) is 9.59 Å². The summed E-state index contributed by atoms with van der Waals surface area (Å²) in [5, 5.41) is 9.90. The maximum Gasteiger partial charge on any atom is 0.313 e. The van der Waals surface area contributed by atoms with E-state index in [1.807, 2.05) is 32.0 Å². The number of aromatic nitrogens is 2. The minimum atomic E-state index is -0.963. The molecule has 2 aliphatic heterocycles. The van der Waals surface area contributed by atoms with Crippen molar-refractivity contribution in [3.63, 3.8) is 0 Å². The van der Waals surface area contributed by atoms with Crippen LogP contribution in [-0.2, 0) is 9.59 Å². The third-order valence-corrected chi connectivity index (χ3v) is 5.02. The Bertz CT molecular complexity index is 689. The Morgan fingerprint density at radius 1 is 1.36 bits per heavy atom. The van der Waals surface area contributed by atoms with Crippen LogP contribution in [0.3, 0.4) is 0 Å². The maximum atomic E-state index is 12.3. The number of hydrogen-bond acceptors (Lipinski definition) is 7. The summed E-state index contributed by atoms with van der Waals surface area (Å²) in [5.41, 5.74) is 5.50. The van der Waals surface area contributed by atoms with E-state index in [0.717, 1.165) is 5.69 Å². The van der Waals surface area contributed by atoms with E-state index in [0.29, 0.717) is 25.5 Å². The normalized spacial score (nSPS) is 25.5. The first-order valence-corrected chi connectivity index (χ1v) is 8.23. The van der Waals surface area contributed by atoms with Crippen molar-refractivity contribution >= 4 is 23.6 Å². The number of hydrogen-bond donors (Lipinski definition) is 2. The molecule has 9 heteroatoms. The number of rotatable bonds is 4. The number of carbonyl (C=O) groups is 2. The van der Waals surface area contributed by atoms with Crippen LogP contribution in [0.2, 0.25) is 0 Å². The van der Waals surface area contributed by atoms with Crippen molar-refractivity contribution in [3.8, 4) is 0 Å². The number of nitrogen functional groups attached to an aromatic ring is 1. The predicted molar refractivity (Wildman–Crippen MR) is 92.1 cm³/mol. The first-order chi connectivity index (χ1) is 11.7. The molecule has 0 aromatic carbocycles. The van der Waals surface area contributed by atoms with Gasteiger partial charge in [-0.05, 0) is 21.0 Å². The van der Waals surface area contributed by atoms with Crippen LogP contribution in [0.25, 0.3) is 0 Å². The Morgan fingerprint density at radius 3 is 2.64 bits per heavy atom. The second-order valence-corrected chi connectivity index (χ2v) is 7.28. The van der Waals surface area contributed by atoms with Crippen molar-refractivity contribution in [2.45, 2.75) is 6.92 Å². The molecule has 2 saturated heterocycles. The van der Waals surface area contributed by atoms with Gasteiger partial charge in [0.1, 0.15) is 11.2 Å². The molecule has 1 aromatic rings. The van der Waals surface area contributed by atoms with Gasteiger partial charge in [0.2, 0.25) is 11.9 Å². The van der Waals surface area contributed by atoms with Crippen molar-refractivity contribution in [3.05, 3.63) is 11.8 Å². The fraction of sp³-hybridized carbons (Fsp3) is 0.625. The number of carbonyl (C=O) groups excluding carboxylic acids is 1. The summed E-state index contributed by atoms with van der Waals surface area (Å²) in [6, 6.07) is 1.81. The molecule has 2 atom stereocenters. The number of nitrogens with zero attached hydrogens (tertiary/aromatic N) is 5. The lowest BCUT2D eigenvalue weighted by atomic mass is 9.81. The summed E-state index contributed by atoms with van der Waals surface area (Å²) >= 11 is 0. The number of nitrogens with two attached hydrogens (primary N) is 1. The molecule has 0 spiro atoms. The second-order valence-electron chi connectivity index (χ2n) is 7.28. The van der Waals surface area contributed by atoms with Gasteiger partial charge < -0.3 is 25.5 Å². The SMILES string of the molecule is Cc1cc(N2C[C@@H]3CN(C(=O)CN(C)C)C[C@]3(C(=O)O)C2)nc(N)n1. The smallest absolute Gasteiger partial charge is 0.313 e. The van der Waals surface area contributed by atoms with Crippen LogP contribution in [0, 0.1) is 18.3 Å². The van der Waals surface area contributed by atoms with E-state index >= 15 is 0 Å². The quantitative estimate of drug-likeness (QED) is 0.732. The monoisotopic (exact) mass is 348 g/mol. The molecule has 0 aliphatic carbocycles. The molecular weight excluding hydrogens is 324 g/mol. The van der Waals surface area contributed by atoms with E-state index < -0.39 is 11.4 Å². The van der Waals surface area contributed by atoms with Gasteiger partial charge in [-0.25, -0.2) is 4.98 Å². The van der Waals surface area contributed by atoms with E-state index in [2.05, 4.69) is 9.97 Å². The van der Waals surface area contributed by atoms with E-state index in [1.165, 1.54) is 0 Å². The minimum absolute atomic E-state index is 0.0336. The van der Waals surface area contributed by atoms with Gasteiger partial charge in [-0.1, -0.05) is 0 Å². The zero-order chi connectivity index (χ0) is 18.4. The molecular formula is C16H24N6O3. The van der Waals surface area contributed by atoms with Crippen LogP contribution in [-0.4, -0.2) is 83.6 Å². The summed E-state index contributed by atoms with van der Waals surface area (Å²) in [6.45, 7) is 3.65. The lowest BCUT2D eigenvalue weighted by molar-refractivity contribution is -0.148. The molecule has 1 amide bonds. The molecule has 25 heavy (non-hydrogen) atoms. The number of aryl methyl sites for hydroxylation is 1. The Balaban J connectivity index is 1.81. The summed E-state index contributed by atoms with van der Waals surface area (Å²) in [7, 11) is 3.65. The Labute approximate surface area is 146 Å². The Kier molecular flexibility index (Phi) is 4.28. The third kappa shape index (κ3) is 3.11. The summed E-state index contributed by atoms with van der Waals surface area (Å²) < 4.78 is 0. The maximum absolute atomic E-state index is 12.3. The highest BCUT2D eigenvalue weighted by atomic mass is 16.4. The highest BCUT2D eigenvalue weighted by Gasteiger charge is 2.58. The van der Waals surface area contributed by atoms with E-state index in [9.17, 15) is 14.7 Å². The number of likely N-dealkylation sites (tertiary alicyclic amines) is 1. The largest absolute Gasteiger partial charge is 0.481 e. The molecule has 3 rings (SSSR count). The van der Waals surface area contributed by atoms with Crippen molar-refractivity contribution in [1.29, 1.82) is 0 Å². The Hall–Kier alpha value is -2.42. The molecule has 1 aromatic heterocycles. The average molecular weight is 348 g/mol. The van der Waals surface area contributed by atoms with Crippen LogP contribution >= 0.6 is 0 Å². The van der Waals surface area contributed by atoms with Crippen molar-refractivity contribution in [2.75, 3.05) is 57.5 Å². The van der Waals surface area contributed by atoms with Gasteiger partial charge >= 0.3 is 5.97 Å². The van der Waals surface area contributed by atoms with E-state index in [1.54, 1.807) is 9.80 Å². The summed E-state index contributed by atoms with van der Waals surface area (Å²) in [5.74, 6) is -0.203. The lowest BCUT2D eigenvalue weighted by Crippen LogP contribution is -2.43. The number of likely N-dealkylation sites (N-methyl/N-ethyl adjacent to an activating group) is 1. The molecule has 136 valence electrons. The van der Waals surface area contributed by atoms with Crippen molar-refractivity contribution in [1.82, 2.24) is 19.8 Å². The lowest BCUT2D eigenvalue weighted by Gasteiger charge is -2.26. The summed E-state index contributed by atoms with van der Waals surface area (Å²) in [4.78, 5) is 38.1. The van der Waals surface area contributed by atoms with Crippen LogP contribution < -0.4 is 10.6 Å². The van der Waals surface area contributed by atoms with Crippen LogP contribution in [0.1, 0.15) is 5.69 Å². The minimum Gasteiger partial charge on any atom is -0.481 e. The van der Waals surface area contributed by atoms with Crippen LogP contribution in [0.4, 0.5) is 11.8 Å². The van der Waals surface area contributed by atoms with Gasteiger partial charge in [0.05, 0.1) is 6.54 Å². The molecule has 3 N–H and O–H groups in total. The van der Waals surface area contributed by atoms with Crippen LogP contribution in [0.5, 0.6) is 0 Å². The number of aliphatic carboxylic acids is 1. The fourth-order valence-corrected chi connectivity index (χ4v) is 3.84. The zero-order valence-corrected chi connectivity index (χ0v) is 14.8. The molecule has 0 radical (unpaired) electrons. The van der Waals surface area contributed by atoms with Crippen molar-refractivity contribution in [2.24, 2.45) is 11.3 Å². The van der Waals surface area contributed by atoms with Crippen molar-refractivity contribution < 1.29 is 14.7 Å². The molecule has 0 unspecified atom stereocenters. The second kappa shape index (κ2) is 6.14. The topological polar surface area (TPSA) is 116 Å². The number of carboxylic acids is 1. The van der Waals surface area contributed by atoms with E-state index in [-0.39, 0.29) is 30.9 Å². The summed E-state index contributed by atoms with van der Waals surface area (Å²) in [6.07, 6.45) is 0. The van der Waals surface area contributed by atoms with Crippen LogP contribution in [0.15, 0.2) is 6.07 Å². The molecule has 0 saturated carbocycles. The number of anilines is 2. The zero-order valence-electron chi connectivity index (χ0n) is 14.8. The standard InChI is InChI=1S/C16H24N6O3/c1-10-4-12(19-15(17)18-10)21-5-11-6-22(13(23)7-20(2)3)9-16(11,8-21)14(24)25/h4,11H,5-9H2,1-3H3,(H,24,25)(H2,17,18,19)/t11-,16-/m1/s1. The number of fused-ring (bicyclic) bond motifs is 1. The van der Waals surface area contributed by atoms with Gasteiger partial charge in [0, 0.05) is 43.9 Å². The first kappa shape index (κ1) is 17.4. The molecule has 0 bridgehead atoms. The van der Waals surface area contributed by atoms with Gasteiger partial charge in [-0.15, -0.1) is 0 Å². The fourth-order valence-electron chi connectivity index (χ4n) is 3.84. The highest BCUT2D eigenvalue weighted by molar-refractivity contribution is 5.83. The third-order valence-electron chi connectivity index (χ3n) is 5.02. The van der Waals surface area contributed by atoms with Gasteiger partial charge in [0.15, 0.2) is 0 Å². The van der Waals surface area contributed by atoms with Gasteiger partial charge in [-0.2, -0.15) is 4.98 Å². The Morgan fingerprint density at radius 2 is 2.08 bits per heavy atom. The number of carboxylic acid groups (broad SMARTS) is 1. The average Bonchev–Trinajstić information content (AvgIpc) is 3.00. The first-order valence-electron chi connectivity index (χ1n) is 8.23. The molecule has 2 aliphatic rings.